The first kappa shape index (κ1) is 18.8. The molecule has 0 atom stereocenters. The molecule has 0 saturated heterocycles. The Morgan fingerprint density at radius 1 is 1.00 bits per heavy atom. The van der Waals surface area contributed by atoms with Crippen molar-refractivity contribution in [3.63, 3.8) is 0 Å². The number of sulfonamides is 1. The number of hydrazine groups is 1. The fourth-order valence-electron chi connectivity index (χ4n) is 2.06. The van der Waals surface area contributed by atoms with Crippen LogP contribution in [0.4, 0.5) is 23.1 Å². The third kappa shape index (κ3) is 4.61. The van der Waals surface area contributed by atoms with Gasteiger partial charge in [0.1, 0.15) is 17.8 Å². The first-order chi connectivity index (χ1) is 12.8. The number of nitrogens with two attached hydrogens (primary N) is 1. The number of nitrogens with one attached hydrogen (secondary N) is 3. The maximum Gasteiger partial charge on any atom is 0.257 e. The Morgan fingerprint density at radius 2 is 1.70 bits per heavy atom. The van der Waals surface area contributed by atoms with E-state index in [1.165, 1.54) is 24.7 Å². The number of halogens is 1. The molecule has 140 valence electrons. The summed E-state index contributed by atoms with van der Waals surface area (Å²) in [6.07, 6.45) is 2.70. The lowest BCUT2D eigenvalue weighted by Gasteiger charge is -2.13. The SMILES string of the molecule is Cc1ccc(S(=O)(=O)NNc2ncnc(Nc3ccc(Cl)cn3)c2N)cc1. The number of benzene rings is 1. The van der Waals surface area contributed by atoms with Gasteiger partial charge in [0.15, 0.2) is 11.6 Å². The van der Waals surface area contributed by atoms with Gasteiger partial charge in [-0.2, -0.15) is 0 Å². The topological polar surface area (TPSA) is 135 Å². The highest BCUT2D eigenvalue weighted by molar-refractivity contribution is 7.89. The number of nitrogens with zero attached hydrogens (tertiary/aromatic N) is 3. The maximum absolute atomic E-state index is 12.3. The molecule has 0 bridgehead atoms. The van der Waals surface area contributed by atoms with Crippen molar-refractivity contribution in [1.29, 1.82) is 0 Å². The summed E-state index contributed by atoms with van der Waals surface area (Å²) in [5.41, 5.74) is 9.58. The van der Waals surface area contributed by atoms with Crippen molar-refractivity contribution >= 4 is 44.8 Å². The summed E-state index contributed by atoms with van der Waals surface area (Å²) in [7, 11) is -3.79. The fourth-order valence-corrected chi connectivity index (χ4v) is 3.01. The van der Waals surface area contributed by atoms with Crippen molar-refractivity contribution in [2.45, 2.75) is 11.8 Å². The lowest BCUT2D eigenvalue weighted by molar-refractivity contribution is 0.587. The molecular formula is C16H16ClN7O2S. The zero-order chi connectivity index (χ0) is 19.4. The van der Waals surface area contributed by atoms with E-state index >= 15 is 0 Å². The van der Waals surface area contributed by atoms with Crippen LogP contribution in [0.1, 0.15) is 5.56 Å². The van der Waals surface area contributed by atoms with Crippen LogP contribution in [-0.2, 0) is 10.0 Å². The number of anilines is 4. The zero-order valence-electron chi connectivity index (χ0n) is 14.1. The summed E-state index contributed by atoms with van der Waals surface area (Å²) in [4.78, 5) is 14.4. The van der Waals surface area contributed by atoms with Gasteiger partial charge in [0.2, 0.25) is 0 Å². The normalized spacial score (nSPS) is 11.2. The minimum absolute atomic E-state index is 0.0946. The molecule has 5 N–H and O–H groups in total. The fraction of sp³-hybridized carbons (Fsp3) is 0.0625. The second kappa shape index (κ2) is 7.74. The predicted molar refractivity (Wildman–Crippen MR) is 104 cm³/mol. The van der Waals surface area contributed by atoms with Crippen molar-refractivity contribution in [2.75, 3.05) is 16.5 Å². The van der Waals surface area contributed by atoms with Crippen molar-refractivity contribution < 1.29 is 8.42 Å². The third-order valence-electron chi connectivity index (χ3n) is 3.49. The number of hydrogen-bond acceptors (Lipinski definition) is 8. The average molecular weight is 406 g/mol. The van der Waals surface area contributed by atoms with E-state index < -0.39 is 10.0 Å². The monoisotopic (exact) mass is 405 g/mol. The molecule has 0 unspecified atom stereocenters. The number of pyridine rings is 1. The molecule has 0 amide bonds. The molecule has 2 heterocycles. The molecule has 27 heavy (non-hydrogen) atoms. The number of aromatic nitrogens is 3. The van der Waals surface area contributed by atoms with E-state index in [9.17, 15) is 8.42 Å². The molecule has 0 aliphatic carbocycles. The molecule has 2 aromatic heterocycles. The number of rotatable bonds is 6. The predicted octanol–water partition coefficient (Wildman–Crippen LogP) is 2.46. The highest BCUT2D eigenvalue weighted by atomic mass is 35.5. The molecule has 9 nitrogen and oxygen atoms in total. The van der Waals surface area contributed by atoms with Crippen LogP contribution in [-0.4, -0.2) is 23.4 Å². The van der Waals surface area contributed by atoms with E-state index in [4.69, 9.17) is 17.3 Å². The third-order valence-corrected chi connectivity index (χ3v) is 4.98. The van der Waals surface area contributed by atoms with Gasteiger partial charge >= 0.3 is 0 Å². The van der Waals surface area contributed by atoms with Crippen molar-refractivity contribution in [3.05, 3.63) is 59.5 Å². The first-order valence-electron chi connectivity index (χ1n) is 7.69. The maximum atomic E-state index is 12.3. The highest BCUT2D eigenvalue weighted by Gasteiger charge is 2.15. The van der Waals surface area contributed by atoms with Gasteiger partial charge in [-0.05, 0) is 31.2 Å². The Hall–Kier alpha value is -2.95. The van der Waals surface area contributed by atoms with Crippen LogP contribution >= 0.6 is 11.6 Å². The van der Waals surface area contributed by atoms with Crippen LogP contribution in [0.5, 0.6) is 0 Å². The Bertz CT molecular complexity index is 1040. The van der Waals surface area contributed by atoms with Gasteiger partial charge < -0.3 is 11.1 Å². The molecule has 0 fully saturated rings. The quantitative estimate of drug-likeness (QED) is 0.459. The Morgan fingerprint density at radius 3 is 2.37 bits per heavy atom. The van der Waals surface area contributed by atoms with Gasteiger partial charge in [-0.3, -0.25) is 5.43 Å². The standard InChI is InChI=1S/C16H16ClN7O2S/c1-10-2-5-12(6-3-10)27(25,26)24-23-16-14(18)15(20-9-21-16)22-13-7-4-11(17)8-19-13/h2-9,24H,18H2,1H3,(H2,19,20,21,22,23). The van der Waals surface area contributed by atoms with Crippen LogP contribution in [0.25, 0.3) is 0 Å². The van der Waals surface area contributed by atoms with Crippen molar-refractivity contribution in [1.82, 2.24) is 19.8 Å². The van der Waals surface area contributed by atoms with E-state index in [0.29, 0.717) is 10.8 Å². The molecular weight excluding hydrogens is 390 g/mol. The molecule has 0 aliphatic heterocycles. The lowest BCUT2D eigenvalue weighted by atomic mass is 10.2. The molecule has 3 aromatic rings. The van der Waals surface area contributed by atoms with Gasteiger partial charge in [-0.15, -0.1) is 4.83 Å². The average Bonchev–Trinajstić information content (AvgIpc) is 2.64. The largest absolute Gasteiger partial charge is 0.393 e. The summed E-state index contributed by atoms with van der Waals surface area (Å²) in [6.45, 7) is 1.87. The van der Waals surface area contributed by atoms with E-state index in [1.807, 2.05) is 6.92 Å². The zero-order valence-corrected chi connectivity index (χ0v) is 15.7. The van der Waals surface area contributed by atoms with Gasteiger partial charge in [0.05, 0.1) is 9.92 Å². The number of hydrogen-bond donors (Lipinski definition) is 4. The van der Waals surface area contributed by atoms with Crippen LogP contribution in [0.15, 0.2) is 53.8 Å². The second-order valence-corrected chi connectivity index (χ2v) is 7.63. The molecule has 0 radical (unpaired) electrons. The summed E-state index contributed by atoms with van der Waals surface area (Å²) < 4.78 is 24.7. The minimum Gasteiger partial charge on any atom is -0.393 e. The molecule has 11 heteroatoms. The summed E-state index contributed by atoms with van der Waals surface area (Å²) in [5, 5.41) is 3.40. The Kier molecular flexibility index (Phi) is 5.40. The highest BCUT2D eigenvalue weighted by Crippen LogP contribution is 2.25. The smallest absolute Gasteiger partial charge is 0.257 e. The van der Waals surface area contributed by atoms with Crippen LogP contribution < -0.4 is 21.3 Å². The summed E-state index contributed by atoms with van der Waals surface area (Å²) in [5.74, 6) is 0.824. The van der Waals surface area contributed by atoms with Crippen LogP contribution in [0.3, 0.4) is 0 Å². The van der Waals surface area contributed by atoms with Gasteiger partial charge in [0, 0.05) is 6.20 Å². The molecule has 3 rings (SSSR count). The van der Waals surface area contributed by atoms with E-state index in [1.54, 1.807) is 24.3 Å². The van der Waals surface area contributed by atoms with E-state index in [2.05, 4.69) is 30.5 Å². The summed E-state index contributed by atoms with van der Waals surface area (Å²) >= 11 is 5.80. The number of aryl methyl sites for hydroxylation is 1. The van der Waals surface area contributed by atoms with Gasteiger partial charge in [0.25, 0.3) is 10.0 Å². The Labute approximate surface area is 161 Å². The van der Waals surface area contributed by atoms with Gasteiger partial charge in [-0.25, -0.2) is 23.4 Å². The van der Waals surface area contributed by atoms with Crippen LogP contribution in [0, 0.1) is 6.92 Å². The van der Waals surface area contributed by atoms with E-state index in [0.717, 1.165) is 5.56 Å². The van der Waals surface area contributed by atoms with Crippen LogP contribution in [0.2, 0.25) is 5.02 Å². The Balaban J connectivity index is 1.75. The van der Waals surface area contributed by atoms with Crippen molar-refractivity contribution in [2.24, 2.45) is 0 Å². The summed E-state index contributed by atoms with van der Waals surface area (Å²) in [6, 6.07) is 9.72. The van der Waals surface area contributed by atoms with Gasteiger partial charge in [-0.1, -0.05) is 29.3 Å². The molecule has 0 spiro atoms. The lowest BCUT2D eigenvalue weighted by Crippen LogP contribution is -2.30. The molecule has 1 aromatic carbocycles. The van der Waals surface area contributed by atoms with Crippen molar-refractivity contribution in [3.8, 4) is 0 Å². The second-order valence-electron chi connectivity index (χ2n) is 5.51. The molecule has 0 saturated carbocycles. The minimum atomic E-state index is -3.79. The van der Waals surface area contributed by atoms with E-state index in [-0.39, 0.29) is 22.2 Å². The molecule has 0 aliphatic rings. The first-order valence-corrected chi connectivity index (χ1v) is 9.55. The number of nitrogen functional groups attached to an aromatic ring is 1.